The summed E-state index contributed by atoms with van der Waals surface area (Å²) in [5, 5.41) is 36.6. The minimum atomic E-state index is -1.20. The van der Waals surface area contributed by atoms with Crippen molar-refractivity contribution in [1.82, 2.24) is 15.1 Å². The van der Waals surface area contributed by atoms with Crippen LogP contribution in [0.3, 0.4) is 0 Å². The number of aromatic nitrogens is 2. The Bertz CT molecular complexity index is 1040. The zero-order valence-electron chi connectivity index (χ0n) is 21.4. The van der Waals surface area contributed by atoms with Crippen LogP contribution in [-0.2, 0) is 4.79 Å². The number of benzene rings is 1. The fourth-order valence-corrected chi connectivity index (χ4v) is 4.29. The van der Waals surface area contributed by atoms with Crippen LogP contribution >= 0.6 is 0 Å². The Balaban J connectivity index is 0.00000324. The Morgan fingerprint density at radius 3 is 2.43 bits per heavy atom. The smallest absolute Gasteiger partial charge is 1.00 e. The Morgan fingerprint density at radius 2 is 1.86 bits per heavy atom. The van der Waals surface area contributed by atoms with Gasteiger partial charge >= 0.3 is 35.5 Å². The van der Waals surface area contributed by atoms with Crippen molar-refractivity contribution in [3.63, 3.8) is 0 Å². The molecule has 4 N–H and O–H groups in total. The normalized spacial score (nSPS) is 15.8. The number of nitrogens with zero attached hydrogens (tertiary/aromatic N) is 2. The minimum absolute atomic E-state index is 0. The number of aliphatic carboxylic acids is 1. The van der Waals surface area contributed by atoms with Gasteiger partial charge in [-0.15, -0.1) is 0 Å². The predicted octanol–water partition coefficient (Wildman–Crippen LogP) is 0.524. The molecule has 1 aromatic heterocycles. The summed E-state index contributed by atoms with van der Waals surface area (Å²) in [6, 6.07) is 5.81. The van der Waals surface area contributed by atoms with E-state index in [4.69, 9.17) is 5.11 Å². The number of carbonyl (C=O) groups is 2. The number of hydrogen-bond donors (Lipinski definition) is 4. The van der Waals surface area contributed by atoms with Crippen molar-refractivity contribution in [2.45, 2.75) is 76.5 Å². The van der Waals surface area contributed by atoms with Crippen LogP contribution in [0.5, 0.6) is 0 Å². The second-order valence-electron chi connectivity index (χ2n) is 9.06. The standard InChI is InChI=1S/C25H32FN3O5.Na.H/c1-15(2)23-21(12-11-19(30)13-20(31)14-22(32)33)29(18-9-7-16(26)8-10-18)28-24(23)25(34)27-17-5-3-4-6-17;;/h7-12,15,17,19-20,30-31H,3-6,13-14H2,1-2H3,(H,27,34)(H,32,33);;/q;+1;-1/t19-,20+;;/m0../s1. The zero-order chi connectivity index (χ0) is 24.8. The van der Waals surface area contributed by atoms with Crippen molar-refractivity contribution in [2.24, 2.45) is 0 Å². The number of amides is 1. The first-order valence-corrected chi connectivity index (χ1v) is 11.6. The van der Waals surface area contributed by atoms with Gasteiger partial charge in [0.05, 0.1) is 30.0 Å². The Kier molecular flexibility index (Phi) is 11.1. The monoisotopic (exact) mass is 497 g/mol. The molecule has 3 rings (SSSR count). The Morgan fingerprint density at radius 1 is 1.23 bits per heavy atom. The molecule has 0 unspecified atom stereocenters. The molecule has 2 aromatic rings. The summed E-state index contributed by atoms with van der Waals surface area (Å²) in [6.07, 6.45) is 4.12. The molecule has 1 saturated carbocycles. The molecule has 0 spiro atoms. The summed E-state index contributed by atoms with van der Waals surface area (Å²) < 4.78 is 15.1. The fourth-order valence-electron chi connectivity index (χ4n) is 4.29. The van der Waals surface area contributed by atoms with Crippen LogP contribution in [0.15, 0.2) is 30.3 Å². The molecule has 0 radical (unpaired) electrons. The third-order valence-electron chi connectivity index (χ3n) is 5.91. The molecule has 1 amide bonds. The van der Waals surface area contributed by atoms with Crippen molar-refractivity contribution in [2.75, 3.05) is 0 Å². The molecule has 2 atom stereocenters. The second-order valence-corrected chi connectivity index (χ2v) is 9.06. The summed E-state index contributed by atoms with van der Waals surface area (Å²) in [6.45, 7) is 3.87. The van der Waals surface area contributed by atoms with Crippen molar-refractivity contribution < 1.29 is 60.3 Å². The van der Waals surface area contributed by atoms with Crippen LogP contribution in [0.2, 0.25) is 0 Å². The van der Waals surface area contributed by atoms with Gasteiger partial charge in [0.15, 0.2) is 5.69 Å². The molecule has 0 saturated heterocycles. The molecule has 1 aromatic carbocycles. The molecule has 35 heavy (non-hydrogen) atoms. The first-order chi connectivity index (χ1) is 16.2. The molecule has 8 nitrogen and oxygen atoms in total. The van der Waals surface area contributed by atoms with Crippen LogP contribution < -0.4 is 34.9 Å². The van der Waals surface area contributed by atoms with Gasteiger partial charge in [-0.1, -0.05) is 32.8 Å². The zero-order valence-corrected chi connectivity index (χ0v) is 22.4. The van der Waals surface area contributed by atoms with Crippen LogP contribution in [-0.4, -0.2) is 55.2 Å². The van der Waals surface area contributed by atoms with E-state index in [9.17, 15) is 24.2 Å². The van der Waals surface area contributed by atoms with Crippen LogP contribution in [0.1, 0.15) is 81.5 Å². The third kappa shape index (κ3) is 7.98. The molecule has 1 aliphatic carbocycles. The summed E-state index contributed by atoms with van der Waals surface area (Å²) >= 11 is 0. The quantitative estimate of drug-likeness (QED) is 0.355. The van der Waals surface area contributed by atoms with Gasteiger partial charge in [-0.3, -0.25) is 9.59 Å². The van der Waals surface area contributed by atoms with E-state index in [0.717, 1.165) is 25.7 Å². The van der Waals surface area contributed by atoms with E-state index in [1.165, 1.54) is 22.9 Å². The van der Waals surface area contributed by atoms with Gasteiger partial charge in [0, 0.05) is 18.0 Å². The number of carboxylic acid groups (broad SMARTS) is 1. The van der Waals surface area contributed by atoms with Gasteiger partial charge in [-0.05, 0) is 49.1 Å². The van der Waals surface area contributed by atoms with Gasteiger partial charge < -0.3 is 22.1 Å². The average molecular weight is 498 g/mol. The van der Waals surface area contributed by atoms with Crippen LogP contribution in [0.4, 0.5) is 4.39 Å². The van der Waals surface area contributed by atoms with E-state index in [0.29, 0.717) is 16.9 Å². The molecule has 0 aliphatic heterocycles. The maximum absolute atomic E-state index is 13.5. The molecule has 1 aliphatic rings. The Hall–Kier alpha value is -2.04. The first-order valence-electron chi connectivity index (χ1n) is 11.6. The number of hydrogen-bond acceptors (Lipinski definition) is 5. The summed E-state index contributed by atoms with van der Waals surface area (Å²) in [7, 11) is 0. The number of aliphatic hydroxyl groups is 2. The number of nitrogens with one attached hydrogen (secondary N) is 1. The molecular weight excluding hydrogens is 464 g/mol. The van der Waals surface area contributed by atoms with Gasteiger partial charge in [-0.25, -0.2) is 9.07 Å². The molecule has 10 heteroatoms. The summed E-state index contributed by atoms with van der Waals surface area (Å²) in [5.41, 5.74) is 2.04. The van der Waals surface area contributed by atoms with Crippen molar-refractivity contribution in [3.8, 4) is 5.69 Å². The van der Waals surface area contributed by atoms with Crippen molar-refractivity contribution >= 4 is 18.0 Å². The number of rotatable bonds is 10. The second kappa shape index (κ2) is 13.3. The number of halogens is 1. The van der Waals surface area contributed by atoms with Gasteiger partial charge in [-0.2, -0.15) is 5.10 Å². The number of carbonyl (C=O) groups excluding carboxylic acids is 1. The van der Waals surface area contributed by atoms with E-state index in [-0.39, 0.29) is 61.0 Å². The van der Waals surface area contributed by atoms with Gasteiger partial charge in [0.1, 0.15) is 5.82 Å². The Labute approximate surface area is 228 Å². The SMILES string of the molecule is CC(C)c1c(C(=O)NC2CCCC2)nn(-c2ccc(F)cc2)c1C=C[C@H](O)C[C@@H](O)CC(=O)O.[H-].[Na+]. The fraction of sp³-hybridized carbons (Fsp3) is 0.480. The number of carboxylic acids is 1. The molecular formula is C25H33FN3NaO5. The first kappa shape index (κ1) is 29.2. The maximum Gasteiger partial charge on any atom is 1.00 e. The van der Waals surface area contributed by atoms with E-state index < -0.39 is 30.4 Å². The van der Waals surface area contributed by atoms with Crippen LogP contribution in [0.25, 0.3) is 11.8 Å². The minimum Gasteiger partial charge on any atom is -1.00 e. The van der Waals surface area contributed by atoms with E-state index >= 15 is 0 Å². The average Bonchev–Trinajstić information content (AvgIpc) is 3.39. The topological polar surface area (TPSA) is 125 Å². The summed E-state index contributed by atoms with van der Waals surface area (Å²) in [4.78, 5) is 23.9. The van der Waals surface area contributed by atoms with Gasteiger partial charge in [0.2, 0.25) is 0 Å². The molecule has 1 fully saturated rings. The van der Waals surface area contributed by atoms with E-state index in [1.807, 2.05) is 13.8 Å². The van der Waals surface area contributed by atoms with Crippen molar-refractivity contribution in [3.05, 3.63) is 53.1 Å². The maximum atomic E-state index is 13.5. The van der Waals surface area contributed by atoms with Gasteiger partial charge in [0.25, 0.3) is 5.91 Å². The van der Waals surface area contributed by atoms with Crippen molar-refractivity contribution in [1.29, 1.82) is 0 Å². The number of aliphatic hydroxyl groups excluding tert-OH is 2. The largest absolute Gasteiger partial charge is 1.00 e. The predicted molar refractivity (Wildman–Crippen MR) is 126 cm³/mol. The third-order valence-corrected chi connectivity index (χ3v) is 5.91. The summed E-state index contributed by atoms with van der Waals surface area (Å²) in [5.74, 6) is -1.92. The molecule has 1 heterocycles. The van der Waals surface area contributed by atoms with E-state index in [2.05, 4.69) is 10.4 Å². The van der Waals surface area contributed by atoms with Crippen LogP contribution in [0, 0.1) is 5.82 Å². The molecule has 0 bridgehead atoms. The molecule has 186 valence electrons. The van der Waals surface area contributed by atoms with E-state index in [1.54, 1.807) is 18.2 Å².